The van der Waals surface area contributed by atoms with Gasteiger partial charge in [-0.2, -0.15) is 0 Å². The van der Waals surface area contributed by atoms with E-state index in [4.69, 9.17) is 11.6 Å². The van der Waals surface area contributed by atoms with Crippen LogP contribution >= 0.6 is 11.6 Å². The average molecular weight is 243 g/mol. The van der Waals surface area contributed by atoms with Crippen molar-refractivity contribution >= 4 is 17.4 Å². The third kappa shape index (κ3) is 3.94. The van der Waals surface area contributed by atoms with Crippen LogP contribution in [0.15, 0.2) is 12.5 Å². The van der Waals surface area contributed by atoms with Gasteiger partial charge in [-0.05, 0) is 6.92 Å². The first-order chi connectivity index (χ1) is 7.65. The van der Waals surface area contributed by atoms with Crippen LogP contribution in [0.5, 0.6) is 0 Å². The molecule has 4 nitrogen and oxygen atoms in total. The molecule has 5 heteroatoms. The highest BCUT2D eigenvalue weighted by Gasteiger charge is 2.09. The van der Waals surface area contributed by atoms with Crippen LogP contribution < -0.4 is 10.2 Å². The van der Waals surface area contributed by atoms with E-state index in [-0.39, 0.29) is 0 Å². The van der Waals surface area contributed by atoms with Crippen molar-refractivity contribution in [2.75, 3.05) is 24.5 Å². The molecule has 16 heavy (non-hydrogen) atoms. The Bertz CT molecular complexity index is 317. The Kier molecular flexibility index (Phi) is 5.49. The van der Waals surface area contributed by atoms with Gasteiger partial charge in [0.1, 0.15) is 11.3 Å². The van der Waals surface area contributed by atoms with E-state index in [1.165, 1.54) is 6.33 Å². The standard InChI is InChI=1S/C11H19ClN4/c1-4-16(6-5-14-9(2)3)11-10(12)7-13-8-15-11/h7-9,14H,4-6H2,1-3H3. The van der Waals surface area contributed by atoms with Gasteiger partial charge in [0.25, 0.3) is 0 Å². The minimum atomic E-state index is 0.500. The van der Waals surface area contributed by atoms with Crippen molar-refractivity contribution in [3.05, 3.63) is 17.5 Å². The molecule has 90 valence electrons. The van der Waals surface area contributed by atoms with Crippen molar-refractivity contribution in [2.24, 2.45) is 0 Å². The first-order valence-corrected chi connectivity index (χ1v) is 5.96. The third-order valence-electron chi connectivity index (χ3n) is 2.26. The molecule has 1 aromatic rings. The molecule has 0 saturated heterocycles. The zero-order valence-electron chi connectivity index (χ0n) is 10.1. The van der Waals surface area contributed by atoms with E-state index >= 15 is 0 Å². The number of aromatic nitrogens is 2. The Morgan fingerprint density at radius 2 is 2.25 bits per heavy atom. The number of hydrogen-bond acceptors (Lipinski definition) is 4. The van der Waals surface area contributed by atoms with E-state index < -0.39 is 0 Å². The molecule has 0 aromatic carbocycles. The smallest absolute Gasteiger partial charge is 0.150 e. The number of nitrogens with zero attached hydrogens (tertiary/aromatic N) is 3. The van der Waals surface area contributed by atoms with E-state index in [9.17, 15) is 0 Å². The molecule has 0 unspecified atom stereocenters. The fourth-order valence-corrected chi connectivity index (χ4v) is 1.67. The summed E-state index contributed by atoms with van der Waals surface area (Å²) in [6, 6.07) is 0.500. The molecule has 0 bridgehead atoms. The molecule has 1 aromatic heterocycles. The Morgan fingerprint density at radius 3 is 2.81 bits per heavy atom. The Hall–Kier alpha value is -0.870. The van der Waals surface area contributed by atoms with Crippen LogP contribution in [0, 0.1) is 0 Å². The molecule has 0 aliphatic heterocycles. The first kappa shape index (κ1) is 13.2. The zero-order valence-corrected chi connectivity index (χ0v) is 10.8. The summed E-state index contributed by atoms with van der Waals surface area (Å²) in [6.45, 7) is 9.06. The maximum atomic E-state index is 6.05. The summed E-state index contributed by atoms with van der Waals surface area (Å²) in [7, 11) is 0. The van der Waals surface area contributed by atoms with Gasteiger partial charge in [-0.1, -0.05) is 25.4 Å². The third-order valence-corrected chi connectivity index (χ3v) is 2.53. The second-order valence-electron chi connectivity index (χ2n) is 3.88. The van der Waals surface area contributed by atoms with Crippen molar-refractivity contribution in [2.45, 2.75) is 26.8 Å². The largest absolute Gasteiger partial charge is 0.354 e. The van der Waals surface area contributed by atoms with Crippen molar-refractivity contribution < 1.29 is 0 Å². The molecule has 0 atom stereocenters. The molecular formula is C11H19ClN4. The number of likely N-dealkylation sites (N-methyl/N-ethyl adjacent to an activating group) is 1. The van der Waals surface area contributed by atoms with Gasteiger partial charge in [-0.3, -0.25) is 0 Å². The number of halogens is 1. The van der Waals surface area contributed by atoms with Gasteiger partial charge in [-0.15, -0.1) is 0 Å². The van der Waals surface area contributed by atoms with E-state index in [0.717, 1.165) is 25.5 Å². The van der Waals surface area contributed by atoms with Crippen LogP contribution in [0.1, 0.15) is 20.8 Å². The highest BCUT2D eigenvalue weighted by molar-refractivity contribution is 6.32. The zero-order chi connectivity index (χ0) is 12.0. The van der Waals surface area contributed by atoms with E-state index in [1.807, 2.05) is 0 Å². The van der Waals surface area contributed by atoms with E-state index in [0.29, 0.717) is 11.1 Å². The molecule has 0 radical (unpaired) electrons. The Morgan fingerprint density at radius 1 is 1.50 bits per heavy atom. The molecule has 0 fully saturated rings. The van der Waals surface area contributed by atoms with Crippen molar-refractivity contribution in [3.8, 4) is 0 Å². The second-order valence-corrected chi connectivity index (χ2v) is 4.29. The highest BCUT2D eigenvalue weighted by Crippen LogP contribution is 2.20. The van der Waals surface area contributed by atoms with Gasteiger partial charge in [0.2, 0.25) is 0 Å². The van der Waals surface area contributed by atoms with E-state index in [1.54, 1.807) is 6.20 Å². The van der Waals surface area contributed by atoms with E-state index in [2.05, 4.69) is 41.0 Å². The maximum absolute atomic E-state index is 6.05. The van der Waals surface area contributed by atoms with Crippen molar-refractivity contribution in [1.82, 2.24) is 15.3 Å². The monoisotopic (exact) mass is 242 g/mol. The number of rotatable bonds is 6. The molecular weight excluding hydrogens is 224 g/mol. The van der Waals surface area contributed by atoms with Gasteiger partial charge in [0, 0.05) is 25.7 Å². The molecule has 1 N–H and O–H groups in total. The van der Waals surface area contributed by atoms with Gasteiger partial charge in [0.15, 0.2) is 5.82 Å². The van der Waals surface area contributed by atoms with Crippen molar-refractivity contribution in [1.29, 1.82) is 0 Å². The predicted octanol–water partition coefficient (Wildman–Crippen LogP) is 1.95. The van der Waals surface area contributed by atoms with Crippen LogP contribution in [-0.4, -0.2) is 35.6 Å². The second kappa shape index (κ2) is 6.66. The summed E-state index contributed by atoms with van der Waals surface area (Å²) in [5.74, 6) is 0.810. The van der Waals surface area contributed by atoms with Crippen LogP contribution in [0.2, 0.25) is 5.02 Å². The van der Waals surface area contributed by atoms with Gasteiger partial charge in [-0.25, -0.2) is 9.97 Å². The fourth-order valence-electron chi connectivity index (χ4n) is 1.44. The predicted molar refractivity (Wildman–Crippen MR) is 68.1 cm³/mol. The molecule has 0 saturated carbocycles. The summed E-state index contributed by atoms with van der Waals surface area (Å²) >= 11 is 6.05. The summed E-state index contributed by atoms with van der Waals surface area (Å²) < 4.78 is 0. The molecule has 1 heterocycles. The fraction of sp³-hybridized carbons (Fsp3) is 0.636. The lowest BCUT2D eigenvalue weighted by Gasteiger charge is -2.23. The van der Waals surface area contributed by atoms with Gasteiger partial charge < -0.3 is 10.2 Å². The van der Waals surface area contributed by atoms with Crippen molar-refractivity contribution in [3.63, 3.8) is 0 Å². The minimum absolute atomic E-state index is 0.500. The number of hydrogen-bond donors (Lipinski definition) is 1. The lowest BCUT2D eigenvalue weighted by molar-refractivity contribution is 0.582. The van der Waals surface area contributed by atoms with Crippen LogP contribution in [-0.2, 0) is 0 Å². The highest BCUT2D eigenvalue weighted by atomic mass is 35.5. The lowest BCUT2D eigenvalue weighted by atomic mass is 10.4. The molecule has 0 spiro atoms. The number of nitrogens with one attached hydrogen (secondary N) is 1. The lowest BCUT2D eigenvalue weighted by Crippen LogP contribution is -2.35. The molecule has 0 aliphatic carbocycles. The maximum Gasteiger partial charge on any atom is 0.150 e. The Labute approximate surface area is 102 Å². The summed E-state index contributed by atoms with van der Waals surface area (Å²) in [6.07, 6.45) is 3.15. The average Bonchev–Trinajstić information content (AvgIpc) is 2.25. The first-order valence-electron chi connectivity index (χ1n) is 5.59. The summed E-state index contributed by atoms with van der Waals surface area (Å²) in [5.41, 5.74) is 0. The molecule has 0 amide bonds. The van der Waals surface area contributed by atoms with Gasteiger partial charge in [0.05, 0.1) is 6.20 Å². The Balaban J connectivity index is 2.57. The summed E-state index contributed by atoms with van der Waals surface area (Å²) in [5, 5.41) is 3.98. The topological polar surface area (TPSA) is 41.0 Å². The molecule has 0 aliphatic rings. The van der Waals surface area contributed by atoms with Gasteiger partial charge >= 0.3 is 0 Å². The minimum Gasteiger partial charge on any atom is -0.354 e. The van der Waals surface area contributed by atoms with Crippen LogP contribution in [0.4, 0.5) is 5.82 Å². The summed E-state index contributed by atoms with van der Waals surface area (Å²) in [4.78, 5) is 10.2. The molecule has 1 rings (SSSR count). The quantitative estimate of drug-likeness (QED) is 0.828. The normalized spacial score (nSPS) is 10.8. The number of anilines is 1. The van der Waals surface area contributed by atoms with Crippen LogP contribution in [0.3, 0.4) is 0 Å². The SMILES string of the molecule is CCN(CCNC(C)C)c1ncncc1Cl. The van der Waals surface area contributed by atoms with Crippen LogP contribution in [0.25, 0.3) is 0 Å².